The van der Waals surface area contributed by atoms with Gasteiger partial charge in [0.2, 0.25) is 0 Å². The average molecular weight is 330 g/mol. The van der Waals surface area contributed by atoms with Crippen molar-refractivity contribution in [3.63, 3.8) is 0 Å². The molecule has 2 N–H and O–H groups in total. The van der Waals surface area contributed by atoms with Gasteiger partial charge in [0.05, 0.1) is 18.2 Å². The van der Waals surface area contributed by atoms with Gasteiger partial charge in [-0.1, -0.05) is 41.5 Å². The molecule has 4 heteroatoms. The first-order valence-corrected chi connectivity index (χ1v) is 8.55. The van der Waals surface area contributed by atoms with Gasteiger partial charge in [0.1, 0.15) is 5.75 Å². The monoisotopic (exact) mass is 330 g/mol. The fraction of sp³-hybridized carbons (Fsp3) is 0.550. The quantitative estimate of drug-likeness (QED) is 0.882. The third kappa shape index (κ3) is 3.81. The molecule has 0 amide bonds. The van der Waals surface area contributed by atoms with Crippen LogP contribution in [0.3, 0.4) is 0 Å². The molecule has 0 unspecified atom stereocenters. The van der Waals surface area contributed by atoms with Crippen LogP contribution in [0.5, 0.6) is 5.75 Å². The Bertz CT molecular complexity index is 668. The molecule has 0 aliphatic rings. The lowest BCUT2D eigenvalue weighted by atomic mass is 9.78. The minimum atomic E-state index is -0.157. The molecule has 0 spiro atoms. The number of hydrogen-bond acceptors (Lipinski definition) is 3. The summed E-state index contributed by atoms with van der Waals surface area (Å²) in [6.45, 7) is 13.6. The van der Waals surface area contributed by atoms with Crippen LogP contribution in [0.2, 0.25) is 0 Å². The summed E-state index contributed by atoms with van der Waals surface area (Å²) in [5, 5.41) is 19.9. The SMILES string of the molecule is CC(C)(C)c1cc(-c2cncn2CCCO)cc(C(C)(C)C)c1O. The van der Waals surface area contributed by atoms with E-state index in [4.69, 9.17) is 5.11 Å². The Kier molecular flexibility index (Phi) is 5.09. The number of aromatic nitrogens is 2. The third-order valence-electron chi connectivity index (χ3n) is 4.29. The maximum atomic E-state index is 10.8. The van der Waals surface area contributed by atoms with Crippen molar-refractivity contribution in [3.05, 3.63) is 35.8 Å². The highest BCUT2D eigenvalue weighted by Crippen LogP contribution is 2.41. The van der Waals surface area contributed by atoms with Gasteiger partial charge in [-0.05, 0) is 29.4 Å². The van der Waals surface area contributed by atoms with Crippen molar-refractivity contribution in [2.45, 2.75) is 65.3 Å². The molecule has 1 aromatic carbocycles. The lowest BCUT2D eigenvalue weighted by Gasteiger charge is -2.28. The molecule has 0 saturated heterocycles. The first kappa shape index (κ1) is 18.5. The molecule has 0 aliphatic heterocycles. The zero-order chi connectivity index (χ0) is 18.1. The lowest BCUT2D eigenvalue weighted by Crippen LogP contribution is -2.17. The number of benzene rings is 1. The van der Waals surface area contributed by atoms with Crippen LogP contribution in [0.4, 0.5) is 0 Å². The summed E-state index contributed by atoms with van der Waals surface area (Å²) < 4.78 is 2.06. The van der Waals surface area contributed by atoms with Crippen molar-refractivity contribution in [1.29, 1.82) is 0 Å². The van der Waals surface area contributed by atoms with Gasteiger partial charge < -0.3 is 14.8 Å². The molecule has 1 aromatic heterocycles. The molecule has 0 saturated carbocycles. The summed E-state index contributed by atoms with van der Waals surface area (Å²) in [5.74, 6) is 0.389. The first-order chi connectivity index (χ1) is 11.1. The van der Waals surface area contributed by atoms with Crippen LogP contribution >= 0.6 is 0 Å². The van der Waals surface area contributed by atoms with Gasteiger partial charge in [0, 0.05) is 29.8 Å². The van der Waals surface area contributed by atoms with E-state index < -0.39 is 0 Å². The highest BCUT2D eigenvalue weighted by atomic mass is 16.3. The fourth-order valence-electron chi connectivity index (χ4n) is 2.91. The Morgan fingerprint density at radius 1 is 1.00 bits per heavy atom. The number of phenolic OH excluding ortho intramolecular Hbond substituents is 1. The van der Waals surface area contributed by atoms with E-state index >= 15 is 0 Å². The molecule has 1 heterocycles. The first-order valence-electron chi connectivity index (χ1n) is 8.55. The second kappa shape index (κ2) is 6.60. The molecule has 0 bridgehead atoms. The van der Waals surface area contributed by atoms with Gasteiger partial charge >= 0.3 is 0 Å². The normalized spacial score (nSPS) is 12.6. The van der Waals surface area contributed by atoms with Crippen LogP contribution < -0.4 is 0 Å². The summed E-state index contributed by atoms with van der Waals surface area (Å²) in [6, 6.07) is 4.13. The number of aliphatic hydroxyl groups is 1. The molecule has 0 radical (unpaired) electrons. The molecular weight excluding hydrogens is 300 g/mol. The summed E-state index contributed by atoms with van der Waals surface area (Å²) >= 11 is 0. The van der Waals surface area contributed by atoms with Crippen LogP contribution in [0.1, 0.15) is 59.1 Å². The van der Waals surface area contributed by atoms with Crippen molar-refractivity contribution in [3.8, 4) is 17.0 Å². The van der Waals surface area contributed by atoms with Gasteiger partial charge in [-0.25, -0.2) is 4.98 Å². The zero-order valence-electron chi connectivity index (χ0n) is 15.7. The maximum Gasteiger partial charge on any atom is 0.123 e. The van der Waals surface area contributed by atoms with Gasteiger partial charge in [-0.15, -0.1) is 0 Å². The van der Waals surface area contributed by atoms with E-state index in [1.807, 2.05) is 6.20 Å². The van der Waals surface area contributed by atoms with E-state index in [0.29, 0.717) is 12.2 Å². The molecule has 0 atom stereocenters. The van der Waals surface area contributed by atoms with E-state index in [1.165, 1.54) is 0 Å². The number of phenols is 1. The van der Waals surface area contributed by atoms with Crippen molar-refractivity contribution in [2.24, 2.45) is 0 Å². The van der Waals surface area contributed by atoms with Gasteiger partial charge in [0.25, 0.3) is 0 Å². The second-order valence-corrected chi connectivity index (χ2v) is 8.47. The highest BCUT2D eigenvalue weighted by Gasteiger charge is 2.27. The van der Waals surface area contributed by atoms with Gasteiger partial charge in [-0.3, -0.25) is 0 Å². The molecular formula is C20H30N2O2. The Labute approximate surface area is 145 Å². The lowest BCUT2D eigenvalue weighted by molar-refractivity contribution is 0.280. The number of rotatable bonds is 4. The van der Waals surface area contributed by atoms with E-state index in [1.54, 1.807) is 6.33 Å². The van der Waals surface area contributed by atoms with Crippen molar-refractivity contribution >= 4 is 0 Å². The average Bonchev–Trinajstić information content (AvgIpc) is 2.91. The summed E-state index contributed by atoms with van der Waals surface area (Å²) in [4.78, 5) is 4.28. The summed E-state index contributed by atoms with van der Waals surface area (Å²) in [5.41, 5.74) is 3.64. The highest BCUT2D eigenvalue weighted by molar-refractivity contribution is 5.66. The van der Waals surface area contributed by atoms with Gasteiger partial charge in [0.15, 0.2) is 0 Å². The molecule has 0 fully saturated rings. The second-order valence-electron chi connectivity index (χ2n) is 8.47. The number of imidazole rings is 1. The summed E-state index contributed by atoms with van der Waals surface area (Å²) in [7, 11) is 0. The minimum absolute atomic E-state index is 0.157. The predicted octanol–water partition coefficient (Wildman–Crippen LogP) is 4.23. The van der Waals surface area contributed by atoms with Crippen molar-refractivity contribution in [1.82, 2.24) is 9.55 Å². The topological polar surface area (TPSA) is 58.3 Å². The maximum absolute atomic E-state index is 10.8. The third-order valence-corrected chi connectivity index (χ3v) is 4.29. The molecule has 2 rings (SSSR count). The Balaban J connectivity index is 2.65. The van der Waals surface area contributed by atoms with E-state index in [9.17, 15) is 5.11 Å². The minimum Gasteiger partial charge on any atom is -0.507 e. The van der Waals surface area contributed by atoms with Gasteiger partial charge in [-0.2, -0.15) is 0 Å². The van der Waals surface area contributed by atoms with Crippen LogP contribution in [0.15, 0.2) is 24.7 Å². The van der Waals surface area contributed by atoms with Crippen LogP contribution in [-0.4, -0.2) is 26.4 Å². The zero-order valence-corrected chi connectivity index (χ0v) is 15.7. The molecule has 4 nitrogen and oxygen atoms in total. The smallest absolute Gasteiger partial charge is 0.123 e. The Hall–Kier alpha value is -1.81. The fourth-order valence-corrected chi connectivity index (χ4v) is 2.91. The number of aromatic hydroxyl groups is 1. The Morgan fingerprint density at radius 2 is 1.54 bits per heavy atom. The number of nitrogens with zero attached hydrogens (tertiary/aromatic N) is 2. The molecule has 24 heavy (non-hydrogen) atoms. The number of aliphatic hydroxyl groups excluding tert-OH is 1. The van der Waals surface area contributed by atoms with E-state index in [2.05, 4.69) is 63.2 Å². The Morgan fingerprint density at radius 3 is 2.00 bits per heavy atom. The van der Waals surface area contributed by atoms with E-state index in [0.717, 1.165) is 28.9 Å². The van der Waals surface area contributed by atoms with E-state index in [-0.39, 0.29) is 17.4 Å². The molecule has 0 aliphatic carbocycles. The van der Waals surface area contributed by atoms with Crippen LogP contribution in [0.25, 0.3) is 11.3 Å². The predicted molar refractivity (Wildman–Crippen MR) is 98.4 cm³/mol. The largest absolute Gasteiger partial charge is 0.507 e. The molecule has 132 valence electrons. The van der Waals surface area contributed by atoms with Crippen molar-refractivity contribution < 1.29 is 10.2 Å². The van der Waals surface area contributed by atoms with Crippen LogP contribution in [0, 0.1) is 0 Å². The number of aryl methyl sites for hydroxylation is 1. The van der Waals surface area contributed by atoms with Crippen LogP contribution in [-0.2, 0) is 17.4 Å². The number of hydrogen-bond donors (Lipinski definition) is 2. The summed E-state index contributed by atoms with van der Waals surface area (Å²) in [6.07, 6.45) is 4.34. The standard InChI is InChI=1S/C20H30N2O2/c1-19(2,3)15-10-14(11-16(18(15)24)20(4,5)6)17-12-21-13-22(17)8-7-9-23/h10-13,23-24H,7-9H2,1-6H3. The molecule has 2 aromatic rings. The van der Waals surface area contributed by atoms with Crippen molar-refractivity contribution in [2.75, 3.05) is 6.61 Å².